The van der Waals surface area contributed by atoms with Gasteiger partial charge < -0.3 is 9.88 Å². The Balaban J connectivity index is 1.71. The maximum Gasteiger partial charge on any atom is 0.264 e. The highest BCUT2D eigenvalue weighted by Gasteiger charge is 2.21. The molecule has 0 saturated carbocycles. The zero-order valence-electron chi connectivity index (χ0n) is 13.8. The quantitative estimate of drug-likeness (QED) is 0.424. The maximum atomic E-state index is 12.1. The molecule has 0 unspecified atom stereocenters. The number of hydrogen-bond acceptors (Lipinski definition) is 4. The summed E-state index contributed by atoms with van der Waals surface area (Å²) < 4.78 is 11.6. The summed E-state index contributed by atoms with van der Waals surface area (Å²) in [6.45, 7) is 3.25. The maximum absolute atomic E-state index is 12.1. The van der Waals surface area contributed by atoms with E-state index in [1.807, 2.05) is 24.3 Å². The molecule has 1 amide bonds. The zero-order valence-corrected chi connectivity index (χ0v) is 14.7. The molecular formula is C18H21N2O3P. The fourth-order valence-corrected chi connectivity index (χ4v) is 3.56. The van der Waals surface area contributed by atoms with Crippen LogP contribution in [-0.2, 0) is 15.8 Å². The lowest BCUT2D eigenvalue weighted by molar-refractivity contribution is -0.122. The second-order valence-corrected chi connectivity index (χ2v) is 10.0. The second kappa shape index (κ2) is 6.52. The standard InChI is InChI=1S/C18H21N2O3P/c1-24(2,23)12-19-11-18(21)20(22)15-7-8-17-14(10-15)9-13-5-3-4-6-16(13)17/h3-8,10,19,22H,9,11-12H2,1-2H3. The third-order valence-electron chi connectivity index (χ3n) is 4.03. The third kappa shape index (κ3) is 3.59. The van der Waals surface area contributed by atoms with Gasteiger partial charge in [-0.25, -0.2) is 0 Å². The molecule has 0 bridgehead atoms. The van der Waals surface area contributed by atoms with Crippen molar-refractivity contribution in [1.29, 1.82) is 0 Å². The van der Waals surface area contributed by atoms with E-state index in [9.17, 15) is 14.6 Å². The first kappa shape index (κ1) is 16.9. The Morgan fingerprint density at radius 3 is 2.62 bits per heavy atom. The number of amides is 1. The van der Waals surface area contributed by atoms with Crippen molar-refractivity contribution in [3.63, 3.8) is 0 Å². The molecule has 126 valence electrons. The van der Waals surface area contributed by atoms with Crippen LogP contribution in [0.15, 0.2) is 42.5 Å². The van der Waals surface area contributed by atoms with Gasteiger partial charge in [-0.2, -0.15) is 5.06 Å². The number of anilines is 1. The van der Waals surface area contributed by atoms with E-state index in [1.54, 1.807) is 19.4 Å². The predicted octanol–water partition coefficient (Wildman–Crippen LogP) is 3.15. The molecule has 6 heteroatoms. The van der Waals surface area contributed by atoms with Crippen molar-refractivity contribution in [2.75, 3.05) is 31.2 Å². The van der Waals surface area contributed by atoms with Crippen molar-refractivity contribution in [2.45, 2.75) is 6.42 Å². The summed E-state index contributed by atoms with van der Waals surface area (Å²) in [5.74, 6) is -0.473. The Labute approximate surface area is 141 Å². The van der Waals surface area contributed by atoms with Gasteiger partial charge in [0.25, 0.3) is 5.91 Å². The normalized spacial score (nSPS) is 12.6. The number of hydroxylamine groups is 1. The summed E-state index contributed by atoms with van der Waals surface area (Å²) in [6.07, 6.45) is 1.07. The van der Waals surface area contributed by atoms with Crippen molar-refractivity contribution >= 4 is 18.7 Å². The van der Waals surface area contributed by atoms with Crippen molar-refractivity contribution in [3.05, 3.63) is 53.6 Å². The van der Waals surface area contributed by atoms with Gasteiger partial charge in [0.2, 0.25) is 0 Å². The minimum absolute atomic E-state index is 0.0561. The zero-order chi connectivity index (χ0) is 17.3. The summed E-state index contributed by atoms with van der Waals surface area (Å²) in [4.78, 5) is 12.1. The van der Waals surface area contributed by atoms with Gasteiger partial charge in [-0.15, -0.1) is 0 Å². The van der Waals surface area contributed by atoms with Gasteiger partial charge in [0.05, 0.1) is 19.4 Å². The highest BCUT2D eigenvalue weighted by Crippen LogP contribution is 2.38. The summed E-state index contributed by atoms with van der Waals surface area (Å²) in [7, 11) is -2.23. The Bertz CT molecular complexity index is 829. The minimum Gasteiger partial charge on any atom is -0.323 e. The molecule has 3 rings (SSSR count). The van der Waals surface area contributed by atoms with E-state index >= 15 is 0 Å². The molecular weight excluding hydrogens is 323 g/mol. The molecule has 0 atom stereocenters. The van der Waals surface area contributed by atoms with Gasteiger partial charge in [0.1, 0.15) is 0 Å². The second-order valence-electron chi connectivity index (χ2n) is 6.54. The van der Waals surface area contributed by atoms with E-state index in [2.05, 4.69) is 17.4 Å². The smallest absolute Gasteiger partial charge is 0.264 e. The molecule has 2 aromatic carbocycles. The number of rotatable bonds is 5. The predicted molar refractivity (Wildman–Crippen MR) is 96.3 cm³/mol. The molecule has 2 N–H and O–H groups in total. The Kier molecular flexibility index (Phi) is 4.59. The molecule has 0 aliphatic heterocycles. The SMILES string of the molecule is CP(C)(=O)CNCC(=O)N(O)c1ccc2c(c1)Cc1ccccc1-2. The highest BCUT2D eigenvalue weighted by atomic mass is 31.2. The molecule has 0 heterocycles. The molecule has 24 heavy (non-hydrogen) atoms. The lowest BCUT2D eigenvalue weighted by atomic mass is 10.1. The number of fused-ring (bicyclic) bond motifs is 3. The fourth-order valence-electron chi connectivity index (χ4n) is 2.91. The van der Waals surface area contributed by atoms with Crippen LogP contribution in [0.25, 0.3) is 11.1 Å². The van der Waals surface area contributed by atoms with Crippen molar-refractivity contribution in [2.24, 2.45) is 0 Å². The first-order chi connectivity index (χ1) is 11.3. The molecule has 5 nitrogen and oxygen atoms in total. The van der Waals surface area contributed by atoms with Crippen molar-refractivity contribution in [1.82, 2.24) is 5.32 Å². The average Bonchev–Trinajstić information content (AvgIpc) is 2.90. The van der Waals surface area contributed by atoms with Crippen LogP contribution in [-0.4, -0.2) is 37.3 Å². The van der Waals surface area contributed by atoms with E-state index in [-0.39, 0.29) is 12.8 Å². The van der Waals surface area contributed by atoms with E-state index in [4.69, 9.17) is 0 Å². The molecule has 0 fully saturated rings. The number of carbonyl (C=O) groups excluding carboxylic acids is 1. The van der Waals surface area contributed by atoms with Gasteiger partial charge in [0, 0.05) is 6.29 Å². The summed E-state index contributed by atoms with van der Waals surface area (Å²) in [5.41, 5.74) is 5.15. The van der Waals surface area contributed by atoms with Gasteiger partial charge in [-0.05, 0) is 54.1 Å². The first-order valence-corrected chi connectivity index (χ1v) is 10.6. The Hall–Kier alpha value is -1.94. The van der Waals surface area contributed by atoms with Crippen LogP contribution in [0.3, 0.4) is 0 Å². The number of nitrogens with one attached hydrogen (secondary N) is 1. The Morgan fingerprint density at radius 1 is 1.17 bits per heavy atom. The van der Waals surface area contributed by atoms with Gasteiger partial charge in [0.15, 0.2) is 0 Å². The molecule has 0 spiro atoms. The van der Waals surface area contributed by atoms with E-state index in [0.29, 0.717) is 10.8 Å². The lowest BCUT2D eigenvalue weighted by Crippen LogP contribution is -2.36. The number of nitrogens with zero attached hydrogens (tertiary/aromatic N) is 1. The number of hydrogen-bond donors (Lipinski definition) is 2. The third-order valence-corrected chi connectivity index (χ3v) is 5.01. The number of benzene rings is 2. The lowest BCUT2D eigenvalue weighted by Gasteiger charge is -2.17. The molecule has 0 saturated heterocycles. The fraction of sp³-hybridized carbons (Fsp3) is 0.278. The average molecular weight is 344 g/mol. The van der Waals surface area contributed by atoms with Crippen molar-refractivity contribution < 1.29 is 14.6 Å². The van der Waals surface area contributed by atoms with E-state index < -0.39 is 13.0 Å². The van der Waals surface area contributed by atoms with Gasteiger partial charge in [-0.3, -0.25) is 10.0 Å². The largest absolute Gasteiger partial charge is 0.323 e. The molecule has 2 aromatic rings. The van der Waals surface area contributed by atoms with Crippen LogP contribution >= 0.6 is 7.14 Å². The van der Waals surface area contributed by atoms with Gasteiger partial charge in [-0.1, -0.05) is 30.3 Å². The summed E-state index contributed by atoms with van der Waals surface area (Å²) in [5, 5.41) is 13.6. The Morgan fingerprint density at radius 2 is 1.88 bits per heavy atom. The van der Waals surface area contributed by atoms with Crippen LogP contribution < -0.4 is 10.4 Å². The van der Waals surface area contributed by atoms with Crippen molar-refractivity contribution in [3.8, 4) is 11.1 Å². The molecule has 0 radical (unpaired) electrons. The van der Waals surface area contributed by atoms with Crippen LogP contribution in [0.1, 0.15) is 11.1 Å². The van der Waals surface area contributed by atoms with Crippen LogP contribution in [0.2, 0.25) is 0 Å². The first-order valence-electron chi connectivity index (χ1n) is 7.83. The van der Waals surface area contributed by atoms with Crippen LogP contribution in [0.4, 0.5) is 5.69 Å². The number of carbonyl (C=O) groups is 1. The topological polar surface area (TPSA) is 69.6 Å². The van der Waals surface area contributed by atoms with E-state index in [0.717, 1.165) is 17.5 Å². The highest BCUT2D eigenvalue weighted by molar-refractivity contribution is 7.62. The molecule has 1 aliphatic rings. The molecule has 1 aliphatic carbocycles. The minimum atomic E-state index is -2.23. The van der Waals surface area contributed by atoms with Gasteiger partial charge >= 0.3 is 0 Å². The van der Waals surface area contributed by atoms with Crippen LogP contribution in [0, 0.1) is 0 Å². The summed E-state index contributed by atoms with van der Waals surface area (Å²) in [6, 6.07) is 13.7. The van der Waals surface area contributed by atoms with E-state index in [1.165, 1.54) is 11.1 Å². The summed E-state index contributed by atoms with van der Waals surface area (Å²) >= 11 is 0. The van der Waals surface area contributed by atoms with Crippen LogP contribution in [0.5, 0.6) is 0 Å². The molecule has 0 aromatic heterocycles. The monoisotopic (exact) mass is 344 g/mol.